The van der Waals surface area contributed by atoms with Crippen molar-refractivity contribution >= 4 is 17.2 Å². The normalized spacial score (nSPS) is 15.4. The second-order valence-electron chi connectivity index (χ2n) is 4.58. The molecular formula is C13H15N3OS. The average Bonchev–Trinajstić information content (AvgIpc) is 3.05. The molecule has 0 radical (unpaired) electrons. The Bertz CT molecular complexity index is 537. The summed E-state index contributed by atoms with van der Waals surface area (Å²) in [4.78, 5) is 21.5. The second-order valence-corrected chi connectivity index (χ2v) is 5.72. The van der Waals surface area contributed by atoms with Gasteiger partial charge in [0.1, 0.15) is 5.82 Å². The van der Waals surface area contributed by atoms with Crippen LogP contribution in [0.15, 0.2) is 18.5 Å². The number of aromatic nitrogens is 2. The SMILES string of the molecule is CC(NC(=O)c1cc2c(s1)CCC2)c1ncc[nH]1. The first kappa shape index (κ1) is 11.5. The Morgan fingerprint density at radius 3 is 3.17 bits per heavy atom. The molecule has 3 rings (SSSR count). The van der Waals surface area contributed by atoms with Crippen LogP contribution < -0.4 is 5.32 Å². The summed E-state index contributed by atoms with van der Waals surface area (Å²) in [7, 11) is 0. The van der Waals surface area contributed by atoms with E-state index in [1.54, 1.807) is 23.7 Å². The van der Waals surface area contributed by atoms with E-state index in [1.165, 1.54) is 16.9 Å². The molecule has 1 aliphatic carbocycles. The zero-order valence-electron chi connectivity index (χ0n) is 10.2. The van der Waals surface area contributed by atoms with Crippen LogP contribution in [0.3, 0.4) is 0 Å². The van der Waals surface area contributed by atoms with Crippen LogP contribution in [-0.4, -0.2) is 15.9 Å². The van der Waals surface area contributed by atoms with Crippen molar-refractivity contribution in [1.82, 2.24) is 15.3 Å². The summed E-state index contributed by atoms with van der Waals surface area (Å²) in [6.45, 7) is 1.93. The van der Waals surface area contributed by atoms with Gasteiger partial charge in [-0.2, -0.15) is 0 Å². The van der Waals surface area contributed by atoms with Crippen molar-refractivity contribution in [2.75, 3.05) is 0 Å². The van der Waals surface area contributed by atoms with Crippen LogP contribution in [0.25, 0.3) is 0 Å². The van der Waals surface area contributed by atoms with E-state index < -0.39 is 0 Å². The molecule has 1 amide bonds. The molecule has 18 heavy (non-hydrogen) atoms. The van der Waals surface area contributed by atoms with E-state index in [2.05, 4.69) is 15.3 Å². The zero-order chi connectivity index (χ0) is 12.5. The van der Waals surface area contributed by atoms with E-state index in [0.29, 0.717) is 0 Å². The summed E-state index contributed by atoms with van der Waals surface area (Å²) in [6.07, 6.45) is 6.93. The monoisotopic (exact) mass is 261 g/mol. The highest BCUT2D eigenvalue weighted by Crippen LogP contribution is 2.30. The lowest BCUT2D eigenvalue weighted by Crippen LogP contribution is -2.26. The van der Waals surface area contributed by atoms with Crippen molar-refractivity contribution < 1.29 is 4.79 Å². The third-order valence-electron chi connectivity index (χ3n) is 3.25. The van der Waals surface area contributed by atoms with Crippen molar-refractivity contribution in [2.24, 2.45) is 0 Å². The quantitative estimate of drug-likeness (QED) is 0.891. The van der Waals surface area contributed by atoms with Gasteiger partial charge in [0.25, 0.3) is 5.91 Å². The van der Waals surface area contributed by atoms with Crippen LogP contribution >= 0.6 is 11.3 Å². The Morgan fingerprint density at radius 2 is 2.44 bits per heavy atom. The largest absolute Gasteiger partial charge is 0.347 e. The van der Waals surface area contributed by atoms with E-state index >= 15 is 0 Å². The maximum Gasteiger partial charge on any atom is 0.261 e. The molecule has 0 bridgehead atoms. The first-order valence-corrected chi connectivity index (χ1v) is 6.97. The molecular weight excluding hydrogens is 246 g/mol. The second kappa shape index (κ2) is 4.57. The van der Waals surface area contributed by atoms with Gasteiger partial charge in [0.2, 0.25) is 0 Å². The van der Waals surface area contributed by atoms with Gasteiger partial charge in [-0.3, -0.25) is 4.79 Å². The number of fused-ring (bicyclic) bond motifs is 1. The van der Waals surface area contributed by atoms with Gasteiger partial charge in [-0.25, -0.2) is 4.98 Å². The number of amides is 1. The molecule has 0 saturated carbocycles. The minimum Gasteiger partial charge on any atom is -0.347 e. The molecule has 0 aliphatic heterocycles. The topological polar surface area (TPSA) is 57.8 Å². The predicted molar refractivity (Wildman–Crippen MR) is 70.8 cm³/mol. The maximum atomic E-state index is 12.1. The van der Waals surface area contributed by atoms with E-state index in [4.69, 9.17) is 0 Å². The number of imidazole rings is 1. The van der Waals surface area contributed by atoms with Gasteiger partial charge in [-0.15, -0.1) is 11.3 Å². The summed E-state index contributed by atoms with van der Waals surface area (Å²) in [5, 5.41) is 2.97. The Kier molecular flexibility index (Phi) is 2.91. The van der Waals surface area contributed by atoms with Gasteiger partial charge in [0.05, 0.1) is 10.9 Å². The summed E-state index contributed by atoms with van der Waals surface area (Å²) in [5.74, 6) is 0.783. The highest BCUT2D eigenvalue weighted by molar-refractivity contribution is 7.14. The van der Waals surface area contributed by atoms with E-state index in [9.17, 15) is 4.79 Å². The van der Waals surface area contributed by atoms with Crippen LogP contribution in [-0.2, 0) is 12.8 Å². The van der Waals surface area contributed by atoms with E-state index in [1.807, 2.05) is 13.0 Å². The third kappa shape index (κ3) is 2.06. The molecule has 1 unspecified atom stereocenters. The van der Waals surface area contributed by atoms with Crippen LogP contribution in [0.2, 0.25) is 0 Å². The highest BCUT2D eigenvalue weighted by Gasteiger charge is 2.20. The molecule has 2 aromatic heterocycles. The van der Waals surface area contributed by atoms with Crippen LogP contribution in [0.1, 0.15) is 45.3 Å². The molecule has 1 atom stereocenters. The first-order chi connectivity index (χ1) is 8.74. The third-order valence-corrected chi connectivity index (χ3v) is 4.48. The number of carbonyl (C=O) groups excluding carboxylic acids is 1. The summed E-state index contributed by atoms with van der Waals surface area (Å²) in [6, 6.07) is 1.95. The van der Waals surface area contributed by atoms with Gasteiger partial charge in [-0.1, -0.05) is 0 Å². The minimum atomic E-state index is -0.0931. The van der Waals surface area contributed by atoms with Crippen LogP contribution in [0.4, 0.5) is 0 Å². The fraction of sp³-hybridized carbons (Fsp3) is 0.385. The number of H-pyrrole nitrogens is 1. The van der Waals surface area contributed by atoms with Gasteiger partial charge in [0.15, 0.2) is 0 Å². The number of nitrogens with zero attached hydrogens (tertiary/aromatic N) is 1. The fourth-order valence-electron chi connectivity index (χ4n) is 2.29. The number of hydrogen-bond acceptors (Lipinski definition) is 3. The lowest BCUT2D eigenvalue weighted by Gasteiger charge is -2.10. The van der Waals surface area contributed by atoms with Gasteiger partial charge >= 0.3 is 0 Å². The number of thiophene rings is 1. The van der Waals surface area contributed by atoms with Crippen molar-refractivity contribution in [3.63, 3.8) is 0 Å². The lowest BCUT2D eigenvalue weighted by atomic mass is 10.2. The van der Waals surface area contributed by atoms with Gasteiger partial charge in [-0.05, 0) is 37.8 Å². The van der Waals surface area contributed by atoms with E-state index in [-0.39, 0.29) is 11.9 Å². The maximum absolute atomic E-state index is 12.1. The Labute approximate surface area is 109 Å². The number of aryl methyl sites for hydroxylation is 2. The van der Waals surface area contributed by atoms with Gasteiger partial charge < -0.3 is 10.3 Å². The fourth-order valence-corrected chi connectivity index (χ4v) is 3.45. The van der Waals surface area contributed by atoms with Crippen molar-refractivity contribution in [2.45, 2.75) is 32.2 Å². The molecule has 5 heteroatoms. The average molecular weight is 261 g/mol. The number of hydrogen-bond donors (Lipinski definition) is 2. The Hall–Kier alpha value is -1.62. The molecule has 0 spiro atoms. The van der Waals surface area contributed by atoms with Gasteiger partial charge in [0, 0.05) is 17.3 Å². The van der Waals surface area contributed by atoms with E-state index in [0.717, 1.165) is 23.5 Å². The van der Waals surface area contributed by atoms with Crippen LogP contribution in [0, 0.1) is 0 Å². The molecule has 4 nitrogen and oxygen atoms in total. The number of carbonyl (C=O) groups is 1. The molecule has 2 aromatic rings. The highest BCUT2D eigenvalue weighted by atomic mass is 32.1. The summed E-state index contributed by atoms with van der Waals surface area (Å²) >= 11 is 1.63. The molecule has 0 aromatic carbocycles. The number of rotatable bonds is 3. The van der Waals surface area contributed by atoms with Crippen molar-refractivity contribution in [1.29, 1.82) is 0 Å². The molecule has 0 fully saturated rings. The molecule has 1 aliphatic rings. The molecule has 2 heterocycles. The Morgan fingerprint density at radius 1 is 1.56 bits per heavy atom. The zero-order valence-corrected chi connectivity index (χ0v) is 11.0. The summed E-state index contributed by atoms with van der Waals surface area (Å²) in [5.41, 5.74) is 1.36. The molecule has 94 valence electrons. The molecule has 2 N–H and O–H groups in total. The number of nitrogens with one attached hydrogen (secondary N) is 2. The van der Waals surface area contributed by atoms with Crippen molar-refractivity contribution in [3.05, 3.63) is 39.6 Å². The predicted octanol–water partition coefficient (Wildman–Crippen LogP) is 2.45. The lowest BCUT2D eigenvalue weighted by molar-refractivity contribution is 0.0942. The number of aromatic amines is 1. The van der Waals surface area contributed by atoms with Crippen molar-refractivity contribution in [3.8, 4) is 0 Å². The smallest absolute Gasteiger partial charge is 0.261 e. The first-order valence-electron chi connectivity index (χ1n) is 6.16. The standard InChI is InChI=1S/C13H15N3OS/c1-8(12-14-5-6-15-12)16-13(17)11-7-9-3-2-4-10(9)18-11/h5-8H,2-4H2,1H3,(H,14,15)(H,16,17). The summed E-state index contributed by atoms with van der Waals surface area (Å²) < 4.78 is 0. The minimum absolute atomic E-state index is 0.00157. The van der Waals surface area contributed by atoms with Crippen LogP contribution in [0.5, 0.6) is 0 Å². The molecule has 0 saturated heterocycles. The Balaban J connectivity index is 1.71.